The second-order valence-electron chi connectivity index (χ2n) is 13.8. The minimum atomic E-state index is -4.40. The molecule has 0 rings (SSSR count). The molecular weight excluding hydrogens is 713 g/mol. The monoisotopic (exact) mass is 792 g/mol. The van der Waals surface area contributed by atoms with Gasteiger partial charge < -0.3 is 20.1 Å². The van der Waals surface area contributed by atoms with Crippen molar-refractivity contribution in [1.29, 1.82) is 0 Å². The van der Waals surface area contributed by atoms with Crippen molar-refractivity contribution < 1.29 is 37.6 Å². The number of phosphoric acid groups is 1. The summed E-state index contributed by atoms with van der Waals surface area (Å²) in [5.41, 5.74) is 5.34. The van der Waals surface area contributed by atoms with Crippen LogP contribution < -0.4 is 5.73 Å². The molecule has 0 bridgehead atoms. The van der Waals surface area contributed by atoms with Gasteiger partial charge >= 0.3 is 19.8 Å². The van der Waals surface area contributed by atoms with Crippen molar-refractivity contribution in [2.24, 2.45) is 5.73 Å². The number of carbonyl (C=O) groups is 2. The third kappa shape index (κ3) is 40.9. The number of rotatable bonds is 39. The Hall–Kier alpha value is -2.55. The number of hydrogen-bond donors (Lipinski definition) is 2. The van der Waals surface area contributed by atoms with E-state index in [0.29, 0.717) is 19.3 Å². The predicted octanol–water partition coefficient (Wildman–Crippen LogP) is 12.3. The first kappa shape index (κ1) is 52.5. The Morgan fingerprint density at radius 3 is 1.45 bits per heavy atom. The second kappa shape index (κ2) is 41.1. The Morgan fingerprint density at radius 1 is 0.545 bits per heavy atom. The fourth-order valence-corrected chi connectivity index (χ4v) is 6.13. The standard InChI is InChI=1S/C45H78NO8P/c1-3-5-7-9-11-13-15-17-19-21-23-25-27-29-31-33-35-37-44(47)51-41-43(42-53-55(49,50)52-40-39-46)54-45(48)38-36-34-32-30-28-26-24-22-20-18-16-14-12-10-8-6-4-2/h11-14,17-20,24,26,30,32,43H,3-10,15-16,21-23,25,27-29,31,33-42,46H2,1-2H3,(H,49,50). The molecule has 0 aromatic carbocycles. The maximum Gasteiger partial charge on any atom is 0.472 e. The number of esters is 2. The van der Waals surface area contributed by atoms with E-state index in [-0.39, 0.29) is 32.6 Å². The van der Waals surface area contributed by atoms with Crippen molar-refractivity contribution in [3.63, 3.8) is 0 Å². The van der Waals surface area contributed by atoms with Crippen LogP contribution in [0.2, 0.25) is 0 Å². The maximum absolute atomic E-state index is 12.6. The summed E-state index contributed by atoms with van der Waals surface area (Å²) in [5, 5.41) is 0. The third-order valence-corrected chi connectivity index (χ3v) is 9.55. The molecule has 2 unspecified atom stereocenters. The fraction of sp³-hybridized carbons (Fsp3) is 0.689. The highest BCUT2D eigenvalue weighted by atomic mass is 31.2. The van der Waals surface area contributed by atoms with E-state index in [1.54, 1.807) is 0 Å². The highest BCUT2D eigenvalue weighted by Gasteiger charge is 2.25. The van der Waals surface area contributed by atoms with Crippen LogP contribution in [-0.2, 0) is 32.7 Å². The lowest BCUT2D eigenvalue weighted by Crippen LogP contribution is -2.29. The van der Waals surface area contributed by atoms with E-state index in [0.717, 1.165) is 51.4 Å². The number of carbonyl (C=O) groups excluding carboxylic acids is 2. The highest BCUT2D eigenvalue weighted by molar-refractivity contribution is 7.47. The van der Waals surface area contributed by atoms with Crippen LogP contribution in [-0.4, -0.2) is 49.3 Å². The summed E-state index contributed by atoms with van der Waals surface area (Å²) in [4.78, 5) is 34.8. The SMILES string of the molecule is CCCCCC=CCC=CCC=CCC=CCCCC(=O)OC(COC(=O)CCCCCCCCCC=CCC=CCCCCC)COP(=O)(O)OCCN. The van der Waals surface area contributed by atoms with E-state index < -0.39 is 32.5 Å². The van der Waals surface area contributed by atoms with Gasteiger partial charge in [-0.3, -0.25) is 18.6 Å². The van der Waals surface area contributed by atoms with Gasteiger partial charge in [0.15, 0.2) is 6.10 Å². The van der Waals surface area contributed by atoms with E-state index in [2.05, 4.69) is 80.7 Å². The molecule has 9 nitrogen and oxygen atoms in total. The molecule has 55 heavy (non-hydrogen) atoms. The van der Waals surface area contributed by atoms with Gasteiger partial charge in [-0.1, -0.05) is 145 Å². The Balaban J connectivity index is 4.28. The quantitative estimate of drug-likeness (QED) is 0.0270. The van der Waals surface area contributed by atoms with Crippen LogP contribution in [0.25, 0.3) is 0 Å². The molecule has 0 aliphatic rings. The largest absolute Gasteiger partial charge is 0.472 e. The predicted molar refractivity (Wildman–Crippen MR) is 229 cm³/mol. The molecule has 0 aromatic rings. The van der Waals surface area contributed by atoms with Crippen LogP contribution in [0.1, 0.15) is 168 Å². The minimum absolute atomic E-state index is 0.0402. The second-order valence-corrected chi connectivity index (χ2v) is 15.3. The van der Waals surface area contributed by atoms with Gasteiger partial charge in [0.25, 0.3) is 0 Å². The molecule has 10 heteroatoms. The van der Waals surface area contributed by atoms with Gasteiger partial charge in [0, 0.05) is 19.4 Å². The summed E-state index contributed by atoms with van der Waals surface area (Å²) in [6.45, 7) is 3.59. The fourth-order valence-electron chi connectivity index (χ4n) is 5.36. The van der Waals surface area contributed by atoms with Crippen LogP contribution in [0.4, 0.5) is 0 Å². The topological polar surface area (TPSA) is 134 Å². The van der Waals surface area contributed by atoms with Crippen LogP contribution in [0.15, 0.2) is 72.9 Å². The summed E-state index contributed by atoms with van der Waals surface area (Å²) >= 11 is 0. The zero-order valence-electron chi connectivity index (χ0n) is 34.6. The lowest BCUT2D eigenvalue weighted by atomic mass is 10.1. The first-order valence-electron chi connectivity index (χ1n) is 21.4. The molecule has 0 spiro atoms. The lowest BCUT2D eigenvalue weighted by Gasteiger charge is -2.19. The zero-order valence-corrected chi connectivity index (χ0v) is 35.5. The van der Waals surface area contributed by atoms with Gasteiger partial charge in [-0.15, -0.1) is 0 Å². The van der Waals surface area contributed by atoms with Crippen molar-refractivity contribution in [1.82, 2.24) is 0 Å². The van der Waals surface area contributed by atoms with E-state index in [1.807, 2.05) is 6.08 Å². The molecule has 0 heterocycles. The zero-order chi connectivity index (χ0) is 40.3. The third-order valence-electron chi connectivity index (χ3n) is 8.56. The molecule has 2 atom stereocenters. The van der Waals surface area contributed by atoms with E-state index in [4.69, 9.17) is 24.3 Å². The maximum atomic E-state index is 12.6. The van der Waals surface area contributed by atoms with Crippen molar-refractivity contribution in [2.75, 3.05) is 26.4 Å². The normalized spacial score (nSPS) is 14.0. The molecule has 0 aliphatic carbocycles. The van der Waals surface area contributed by atoms with Gasteiger partial charge in [0.05, 0.1) is 13.2 Å². The van der Waals surface area contributed by atoms with Gasteiger partial charge in [-0.25, -0.2) is 4.57 Å². The summed E-state index contributed by atoms with van der Waals surface area (Å²) in [5.74, 6) is -0.909. The Labute approximate surface area is 335 Å². The summed E-state index contributed by atoms with van der Waals surface area (Å²) in [7, 11) is -4.40. The lowest BCUT2D eigenvalue weighted by molar-refractivity contribution is -0.161. The van der Waals surface area contributed by atoms with Crippen molar-refractivity contribution in [3.8, 4) is 0 Å². The highest BCUT2D eigenvalue weighted by Crippen LogP contribution is 2.43. The van der Waals surface area contributed by atoms with Crippen molar-refractivity contribution >= 4 is 19.8 Å². The smallest absolute Gasteiger partial charge is 0.462 e. The number of ether oxygens (including phenoxy) is 2. The van der Waals surface area contributed by atoms with E-state index >= 15 is 0 Å². The Kier molecular flexibility index (Phi) is 39.2. The Morgan fingerprint density at radius 2 is 0.964 bits per heavy atom. The average molecular weight is 792 g/mol. The minimum Gasteiger partial charge on any atom is -0.462 e. The van der Waals surface area contributed by atoms with Gasteiger partial charge in [0.2, 0.25) is 0 Å². The summed E-state index contributed by atoms with van der Waals surface area (Å²) in [6, 6.07) is 0. The molecule has 0 aromatic heterocycles. The number of phosphoric ester groups is 1. The van der Waals surface area contributed by atoms with Gasteiger partial charge in [-0.05, 0) is 83.5 Å². The van der Waals surface area contributed by atoms with E-state index in [9.17, 15) is 19.0 Å². The molecule has 3 N–H and O–H groups in total. The summed E-state index contributed by atoms with van der Waals surface area (Å²) < 4.78 is 32.7. The number of hydrogen-bond acceptors (Lipinski definition) is 8. The molecule has 316 valence electrons. The van der Waals surface area contributed by atoms with Crippen LogP contribution >= 0.6 is 7.82 Å². The molecule has 0 saturated heterocycles. The number of allylic oxidation sites excluding steroid dienone is 12. The molecule has 0 fully saturated rings. The average Bonchev–Trinajstić information content (AvgIpc) is 3.17. The Bertz CT molecular complexity index is 1130. The van der Waals surface area contributed by atoms with Crippen LogP contribution in [0, 0.1) is 0 Å². The van der Waals surface area contributed by atoms with Crippen LogP contribution in [0.5, 0.6) is 0 Å². The molecule has 0 amide bonds. The number of nitrogens with two attached hydrogens (primary N) is 1. The van der Waals surface area contributed by atoms with Crippen molar-refractivity contribution in [3.05, 3.63) is 72.9 Å². The van der Waals surface area contributed by atoms with Gasteiger partial charge in [0.1, 0.15) is 6.61 Å². The summed E-state index contributed by atoms with van der Waals surface area (Å²) in [6.07, 6.45) is 49.3. The van der Waals surface area contributed by atoms with Gasteiger partial charge in [-0.2, -0.15) is 0 Å². The first-order valence-corrected chi connectivity index (χ1v) is 22.9. The molecule has 0 radical (unpaired) electrons. The first-order chi connectivity index (χ1) is 26.8. The van der Waals surface area contributed by atoms with Crippen LogP contribution in [0.3, 0.4) is 0 Å². The molecule has 0 saturated carbocycles. The van der Waals surface area contributed by atoms with Crippen molar-refractivity contribution in [2.45, 2.75) is 174 Å². The van der Waals surface area contributed by atoms with E-state index in [1.165, 1.54) is 70.6 Å². The number of unbranched alkanes of at least 4 members (excludes halogenated alkanes) is 14. The molecular formula is C45H78NO8P. The molecule has 0 aliphatic heterocycles.